The number of nitrogen functional groups attached to an aromatic ring is 1. The predicted octanol–water partition coefficient (Wildman–Crippen LogP) is -0.782. The number of hydrogen-bond donors (Lipinski definition) is 1. The number of aromatic nitrogens is 3. The summed E-state index contributed by atoms with van der Waals surface area (Å²) >= 11 is 0.223. The standard InChI is InChI=1S/C6H5N4.Ra.H/c7-5-2-1-3-6-8-4-9-10(5)6;;/h1-3H,7H2;;. The van der Waals surface area contributed by atoms with Crippen LogP contribution in [0.4, 0.5) is 5.82 Å². The van der Waals surface area contributed by atoms with Gasteiger partial charge in [-0.25, -0.2) is 0 Å². The number of nitrogens with two attached hydrogens (primary N) is 1. The van der Waals surface area contributed by atoms with Crippen LogP contribution in [0.2, 0.25) is 0 Å². The summed E-state index contributed by atoms with van der Waals surface area (Å²) in [5, 5.41) is 4.20. The molecule has 0 saturated carbocycles. The van der Waals surface area contributed by atoms with Crippen LogP contribution >= 0.6 is 0 Å². The molecule has 2 rings (SSSR count). The molecule has 2 aromatic rings. The van der Waals surface area contributed by atoms with Gasteiger partial charge in [-0.2, -0.15) is 0 Å². The monoisotopic (exact) mass is 360 g/mol. The molecule has 2 N–H and O–H groups in total. The number of nitrogens with zero attached hydrogens (tertiary/aromatic N) is 3. The van der Waals surface area contributed by atoms with E-state index in [0.29, 0.717) is 5.82 Å². The zero-order valence-corrected chi connectivity index (χ0v) is 14.4. The summed E-state index contributed by atoms with van der Waals surface area (Å²) in [6.45, 7) is 0. The van der Waals surface area contributed by atoms with Crippen molar-refractivity contribution >= 4 is 12.3 Å². The molecule has 0 aliphatic heterocycles. The molecule has 0 unspecified atom stereocenters. The van der Waals surface area contributed by atoms with Gasteiger partial charge in [-0.3, -0.25) is 0 Å². The summed E-state index contributed by atoms with van der Waals surface area (Å²) in [5.74, 6) is 0.651. The second-order valence-electron chi connectivity index (χ2n) is 2.38. The Morgan fingerprint density at radius 2 is 2.27 bits per heavy atom. The van der Waals surface area contributed by atoms with Gasteiger partial charge in [-0.15, -0.1) is 0 Å². The van der Waals surface area contributed by atoms with Crippen LogP contribution in [0.5, 0.6) is 0 Å². The van der Waals surface area contributed by atoms with Crippen LogP contribution in [0.3, 0.4) is 0 Å². The topological polar surface area (TPSA) is 56.2 Å². The molecule has 52 valence electrons. The van der Waals surface area contributed by atoms with Gasteiger partial charge >= 0.3 is 93.7 Å². The van der Waals surface area contributed by atoms with E-state index < -0.39 is 0 Å². The van der Waals surface area contributed by atoms with Gasteiger partial charge in [0.2, 0.25) is 0 Å². The second kappa shape index (κ2) is 2.74. The van der Waals surface area contributed by atoms with Gasteiger partial charge in [0.15, 0.2) is 0 Å². The summed E-state index contributed by atoms with van der Waals surface area (Å²) in [4.78, 5) is 4.25. The quantitative estimate of drug-likeness (QED) is 0.671. The van der Waals surface area contributed by atoms with Crippen molar-refractivity contribution < 1.29 is 42.8 Å². The fraction of sp³-hybridized carbons (Fsp3) is 0. The Morgan fingerprint density at radius 1 is 1.45 bits per heavy atom. The molecule has 0 bridgehead atoms. The third kappa shape index (κ3) is 1.28. The molecule has 2 heterocycles. The number of pyridine rings is 1. The zero-order chi connectivity index (χ0) is 7.84. The van der Waals surface area contributed by atoms with Crippen LogP contribution in [0.15, 0.2) is 18.2 Å². The SMILES string of the molecule is Nc1cccc2n[c]([RaH])nn12. The molecule has 0 aliphatic rings. The second-order valence-corrected chi connectivity index (χ2v) is 6.06. The predicted molar refractivity (Wildman–Crippen MR) is 38.4 cm³/mol. The summed E-state index contributed by atoms with van der Waals surface area (Å²) in [5.41, 5.74) is 6.51. The molecule has 0 aromatic carbocycles. The summed E-state index contributed by atoms with van der Waals surface area (Å²) in [6.07, 6.45) is 0. The van der Waals surface area contributed by atoms with Gasteiger partial charge < -0.3 is 0 Å². The summed E-state index contributed by atoms with van der Waals surface area (Å²) in [6, 6.07) is 5.61. The first-order valence-corrected chi connectivity index (χ1v) is 7.46. The molecule has 0 fully saturated rings. The van der Waals surface area contributed by atoms with Crippen LogP contribution in [-0.2, 0) is 0 Å². The van der Waals surface area contributed by atoms with Gasteiger partial charge in [-0.1, -0.05) is 0 Å². The third-order valence-corrected chi connectivity index (χ3v) is 3.24. The molecule has 11 heavy (non-hydrogen) atoms. The van der Waals surface area contributed by atoms with E-state index in [9.17, 15) is 0 Å². The van der Waals surface area contributed by atoms with Crippen molar-refractivity contribution in [2.45, 2.75) is 0 Å². The molecule has 4 nitrogen and oxygen atoms in total. The Morgan fingerprint density at radius 3 is 3.00 bits per heavy atom. The summed E-state index contributed by atoms with van der Waals surface area (Å²) < 4.78 is 2.65. The first-order chi connectivity index (χ1) is 5.27. The van der Waals surface area contributed by atoms with Crippen molar-refractivity contribution in [1.29, 1.82) is 0 Å². The Balaban J connectivity index is 2.90. The average molecular weight is 360 g/mol. The van der Waals surface area contributed by atoms with E-state index in [1.165, 1.54) is 0 Å². The van der Waals surface area contributed by atoms with Crippen LogP contribution in [0.25, 0.3) is 5.65 Å². The average Bonchev–Trinajstić information content (AvgIpc) is 2.31. The van der Waals surface area contributed by atoms with Crippen molar-refractivity contribution in [1.82, 2.24) is 14.6 Å². The van der Waals surface area contributed by atoms with Gasteiger partial charge in [0.05, 0.1) is 0 Å². The van der Waals surface area contributed by atoms with E-state index in [1.54, 1.807) is 4.52 Å². The summed E-state index contributed by atoms with van der Waals surface area (Å²) in [7, 11) is 0. The van der Waals surface area contributed by atoms with E-state index in [2.05, 4.69) is 10.1 Å². The van der Waals surface area contributed by atoms with Crippen LogP contribution < -0.4 is 6.60 Å². The first kappa shape index (κ1) is 7.53. The fourth-order valence-electron chi connectivity index (χ4n) is 1.03. The van der Waals surface area contributed by atoms with E-state index in [4.69, 9.17) is 5.73 Å². The molecule has 0 aliphatic carbocycles. The van der Waals surface area contributed by atoms with E-state index in [0.717, 1.165) is 6.51 Å². The minimum atomic E-state index is 0.223. The van der Waals surface area contributed by atoms with Gasteiger partial charge in [0.1, 0.15) is 0 Å². The number of rotatable bonds is 0. The molecule has 0 atom stereocenters. The van der Waals surface area contributed by atoms with Crippen molar-refractivity contribution in [3.63, 3.8) is 0 Å². The number of hydrogen-bond acceptors (Lipinski definition) is 3. The van der Waals surface area contributed by atoms with Crippen LogP contribution in [-0.4, -0.2) is 14.6 Å². The normalized spacial score (nSPS) is 10.5. The van der Waals surface area contributed by atoms with Crippen LogP contribution in [0.1, 0.15) is 0 Å². The van der Waals surface area contributed by atoms with Crippen molar-refractivity contribution in [3.05, 3.63) is 18.2 Å². The molecule has 0 amide bonds. The first-order valence-electron chi connectivity index (χ1n) is 3.35. The molecule has 5 heteroatoms. The van der Waals surface area contributed by atoms with Gasteiger partial charge in [0, 0.05) is 0 Å². The molecule has 0 saturated heterocycles. The zero-order valence-electron chi connectivity index (χ0n) is 6.15. The maximum absolute atomic E-state index is 5.66. The van der Waals surface area contributed by atoms with E-state index in [1.807, 2.05) is 18.2 Å². The molecule has 0 spiro atoms. The van der Waals surface area contributed by atoms with E-state index in [-0.39, 0.29) is 42.8 Å². The molecule has 2 aromatic heterocycles. The van der Waals surface area contributed by atoms with Crippen molar-refractivity contribution in [3.8, 4) is 0 Å². The Bertz CT molecular complexity index is 394. The molecule has 0 radical (unpaired) electrons. The fourth-order valence-corrected chi connectivity index (χ4v) is 2.80. The number of fused-ring (bicyclic) bond motifs is 1. The number of anilines is 1. The van der Waals surface area contributed by atoms with E-state index >= 15 is 0 Å². The molecular weight excluding hydrogens is 354 g/mol. The third-order valence-electron chi connectivity index (χ3n) is 1.49. The van der Waals surface area contributed by atoms with Crippen LogP contribution in [0, 0.1) is 42.8 Å². The molecular formula is C6H6N4Ra. The van der Waals surface area contributed by atoms with Crippen molar-refractivity contribution in [2.75, 3.05) is 5.73 Å². The Labute approximate surface area is 92.6 Å². The van der Waals surface area contributed by atoms with Gasteiger partial charge in [-0.05, 0) is 0 Å². The minimum absolute atomic E-state index is 0.223. The van der Waals surface area contributed by atoms with Gasteiger partial charge in [0.25, 0.3) is 0 Å². The van der Waals surface area contributed by atoms with Crippen molar-refractivity contribution in [2.24, 2.45) is 0 Å². The Hall–Kier alpha value is -0.112. The maximum atomic E-state index is 5.66. The Kier molecular flexibility index (Phi) is 1.88.